The molecule has 0 amide bonds. The standard InChI is InChI=1S/C13H19NO3S/c1-16-12-7-5-4-6-10(12)14-11(8-9-18-3)13(15)17-2/h4-7,11,14H,8-9H2,1-3H3. The van der Waals surface area contributed by atoms with Crippen LogP contribution in [0.15, 0.2) is 24.3 Å². The first-order valence-electron chi connectivity index (χ1n) is 5.69. The largest absolute Gasteiger partial charge is 0.495 e. The topological polar surface area (TPSA) is 47.6 Å². The molecule has 0 spiro atoms. The summed E-state index contributed by atoms with van der Waals surface area (Å²) in [5.74, 6) is 1.35. The number of hydrogen-bond donors (Lipinski definition) is 1. The van der Waals surface area contributed by atoms with Crippen molar-refractivity contribution in [2.24, 2.45) is 0 Å². The van der Waals surface area contributed by atoms with Crippen LogP contribution in [0.25, 0.3) is 0 Å². The average Bonchev–Trinajstić information content (AvgIpc) is 2.42. The Morgan fingerprint density at radius 3 is 2.72 bits per heavy atom. The van der Waals surface area contributed by atoms with Crippen molar-refractivity contribution in [1.29, 1.82) is 0 Å². The van der Waals surface area contributed by atoms with Crippen LogP contribution in [0.3, 0.4) is 0 Å². The van der Waals surface area contributed by atoms with Crippen molar-refractivity contribution < 1.29 is 14.3 Å². The minimum Gasteiger partial charge on any atom is -0.495 e. The number of carbonyl (C=O) groups is 1. The number of ether oxygens (including phenoxy) is 2. The monoisotopic (exact) mass is 269 g/mol. The highest BCUT2D eigenvalue weighted by Crippen LogP contribution is 2.24. The maximum absolute atomic E-state index is 11.7. The summed E-state index contributed by atoms with van der Waals surface area (Å²) >= 11 is 1.70. The van der Waals surface area contributed by atoms with Crippen LogP contribution in [0, 0.1) is 0 Å². The molecule has 0 saturated carbocycles. The predicted octanol–water partition coefficient (Wildman–Crippen LogP) is 2.40. The number of benzene rings is 1. The van der Waals surface area contributed by atoms with Crippen molar-refractivity contribution in [2.45, 2.75) is 12.5 Å². The lowest BCUT2D eigenvalue weighted by molar-refractivity contribution is -0.141. The number of para-hydroxylation sites is 2. The molecule has 1 atom stereocenters. The fourth-order valence-corrected chi connectivity index (χ4v) is 2.05. The summed E-state index contributed by atoms with van der Waals surface area (Å²) in [6, 6.07) is 7.17. The van der Waals surface area contributed by atoms with Crippen LogP contribution in [0.2, 0.25) is 0 Å². The third-order valence-electron chi connectivity index (χ3n) is 2.53. The summed E-state index contributed by atoms with van der Waals surface area (Å²) < 4.78 is 10.0. The third kappa shape index (κ3) is 4.14. The molecular formula is C13H19NO3S. The summed E-state index contributed by atoms with van der Waals surface area (Å²) in [5, 5.41) is 3.17. The normalized spacial score (nSPS) is 11.7. The zero-order valence-corrected chi connectivity index (χ0v) is 11.8. The third-order valence-corrected chi connectivity index (χ3v) is 3.18. The van der Waals surface area contributed by atoms with Gasteiger partial charge in [0.1, 0.15) is 11.8 Å². The van der Waals surface area contributed by atoms with Gasteiger partial charge in [-0.05, 0) is 30.6 Å². The van der Waals surface area contributed by atoms with Crippen LogP contribution in [-0.2, 0) is 9.53 Å². The van der Waals surface area contributed by atoms with Gasteiger partial charge in [-0.3, -0.25) is 0 Å². The van der Waals surface area contributed by atoms with Crippen molar-refractivity contribution in [3.63, 3.8) is 0 Å². The second kappa shape index (κ2) is 7.87. The van der Waals surface area contributed by atoms with Gasteiger partial charge < -0.3 is 14.8 Å². The number of carbonyl (C=O) groups excluding carboxylic acids is 1. The van der Waals surface area contributed by atoms with Crippen LogP contribution >= 0.6 is 11.8 Å². The number of hydrogen-bond acceptors (Lipinski definition) is 5. The molecule has 1 unspecified atom stereocenters. The first-order valence-corrected chi connectivity index (χ1v) is 7.08. The van der Waals surface area contributed by atoms with E-state index < -0.39 is 0 Å². The second-order valence-corrected chi connectivity index (χ2v) is 4.69. The molecule has 1 rings (SSSR count). The molecule has 0 heterocycles. The fraction of sp³-hybridized carbons (Fsp3) is 0.462. The SMILES string of the molecule is COC(=O)C(CCSC)Nc1ccccc1OC. The van der Waals surface area contributed by atoms with E-state index in [0.717, 1.165) is 17.2 Å². The van der Waals surface area contributed by atoms with E-state index in [4.69, 9.17) is 9.47 Å². The van der Waals surface area contributed by atoms with Gasteiger partial charge in [-0.2, -0.15) is 11.8 Å². The van der Waals surface area contributed by atoms with E-state index in [9.17, 15) is 4.79 Å². The predicted molar refractivity (Wildman–Crippen MR) is 75.4 cm³/mol. The van der Waals surface area contributed by atoms with Gasteiger partial charge in [0, 0.05) is 0 Å². The molecular weight excluding hydrogens is 250 g/mol. The maximum Gasteiger partial charge on any atom is 0.328 e. The molecule has 0 aliphatic heterocycles. The molecule has 1 aromatic carbocycles. The van der Waals surface area contributed by atoms with E-state index >= 15 is 0 Å². The Kier molecular flexibility index (Phi) is 6.43. The molecule has 1 aromatic rings. The molecule has 0 aromatic heterocycles. The Hall–Kier alpha value is -1.36. The van der Waals surface area contributed by atoms with Crippen molar-refractivity contribution in [3.05, 3.63) is 24.3 Å². The Balaban J connectivity index is 2.78. The zero-order chi connectivity index (χ0) is 13.4. The molecule has 100 valence electrons. The Labute approximate surface area is 112 Å². The molecule has 0 fully saturated rings. The molecule has 1 N–H and O–H groups in total. The number of nitrogens with one attached hydrogen (secondary N) is 1. The van der Waals surface area contributed by atoms with Crippen LogP contribution in [0.4, 0.5) is 5.69 Å². The number of thioether (sulfide) groups is 1. The van der Waals surface area contributed by atoms with E-state index in [1.807, 2.05) is 30.5 Å². The smallest absolute Gasteiger partial charge is 0.328 e. The molecule has 4 nitrogen and oxygen atoms in total. The van der Waals surface area contributed by atoms with Gasteiger partial charge in [0.05, 0.1) is 19.9 Å². The van der Waals surface area contributed by atoms with Gasteiger partial charge in [0.25, 0.3) is 0 Å². The van der Waals surface area contributed by atoms with Gasteiger partial charge in [0.2, 0.25) is 0 Å². The van der Waals surface area contributed by atoms with E-state index in [2.05, 4.69) is 5.32 Å². The molecule has 0 bridgehead atoms. The van der Waals surface area contributed by atoms with E-state index in [0.29, 0.717) is 6.42 Å². The molecule has 0 aliphatic carbocycles. The number of methoxy groups -OCH3 is 2. The van der Waals surface area contributed by atoms with Crippen molar-refractivity contribution in [1.82, 2.24) is 0 Å². The number of rotatable bonds is 7. The number of anilines is 1. The maximum atomic E-state index is 11.7. The minimum absolute atomic E-state index is 0.255. The Bertz CT molecular complexity index is 384. The van der Waals surface area contributed by atoms with Crippen molar-refractivity contribution in [3.8, 4) is 5.75 Å². The lowest BCUT2D eigenvalue weighted by atomic mass is 10.2. The van der Waals surface area contributed by atoms with E-state index in [1.165, 1.54) is 7.11 Å². The summed E-state index contributed by atoms with van der Waals surface area (Å²) in [7, 11) is 3.01. The van der Waals surface area contributed by atoms with Crippen molar-refractivity contribution >= 4 is 23.4 Å². The molecule has 0 aliphatic rings. The first-order chi connectivity index (χ1) is 8.72. The first kappa shape index (κ1) is 14.7. The molecule has 0 radical (unpaired) electrons. The summed E-state index contributed by atoms with van der Waals surface area (Å²) in [4.78, 5) is 11.7. The Morgan fingerprint density at radius 2 is 2.11 bits per heavy atom. The highest BCUT2D eigenvalue weighted by molar-refractivity contribution is 7.98. The van der Waals surface area contributed by atoms with Crippen LogP contribution in [0.5, 0.6) is 5.75 Å². The fourth-order valence-electron chi connectivity index (χ4n) is 1.58. The highest BCUT2D eigenvalue weighted by atomic mass is 32.2. The van der Waals surface area contributed by atoms with Crippen LogP contribution < -0.4 is 10.1 Å². The minimum atomic E-state index is -0.348. The van der Waals surface area contributed by atoms with Gasteiger partial charge in [0.15, 0.2) is 0 Å². The summed E-state index contributed by atoms with van der Waals surface area (Å²) in [6.07, 6.45) is 2.73. The Morgan fingerprint density at radius 1 is 1.39 bits per heavy atom. The number of esters is 1. The molecule has 5 heteroatoms. The second-order valence-electron chi connectivity index (χ2n) is 3.70. The van der Waals surface area contributed by atoms with Gasteiger partial charge in [-0.1, -0.05) is 12.1 Å². The van der Waals surface area contributed by atoms with Gasteiger partial charge in [-0.15, -0.1) is 0 Å². The highest BCUT2D eigenvalue weighted by Gasteiger charge is 2.19. The quantitative estimate of drug-likeness (QED) is 0.770. The van der Waals surface area contributed by atoms with Crippen molar-refractivity contribution in [2.75, 3.05) is 31.5 Å². The zero-order valence-electron chi connectivity index (χ0n) is 10.9. The van der Waals surface area contributed by atoms with E-state index in [1.54, 1.807) is 18.9 Å². The molecule has 0 saturated heterocycles. The van der Waals surface area contributed by atoms with E-state index in [-0.39, 0.29) is 12.0 Å². The lowest BCUT2D eigenvalue weighted by Gasteiger charge is -2.18. The van der Waals surface area contributed by atoms with Crippen LogP contribution in [-0.4, -0.2) is 38.2 Å². The van der Waals surface area contributed by atoms with Gasteiger partial charge >= 0.3 is 5.97 Å². The lowest BCUT2D eigenvalue weighted by Crippen LogP contribution is -2.31. The summed E-state index contributed by atoms with van der Waals surface area (Å²) in [6.45, 7) is 0. The average molecular weight is 269 g/mol. The van der Waals surface area contributed by atoms with Gasteiger partial charge in [-0.25, -0.2) is 4.79 Å². The van der Waals surface area contributed by atoms with Crippen LogP contribution in [0.1, 0.15) is 6.42 Å². The molecule has 18 heavy (non-hydrogen) atoms. The summed E-state index contributed by atoms with van der Waals surface area (Å²) in [5.41, 5.74) is 0.802.